The predicted octanol–water partition coefficient (Wildman–Crippen LogP) is 2.64. The first-order valence-corrected chi connectivity index (χ1v) is 12.5. The molecule has 11 nitrogen and oxygen atoms in total. The number of esters is 3. The predicted molar refractivity (Wildman–Crippen MR) is 127 cm³/mol. The lowest BCUT2D eigenvalue weighted by atomic mass is 9.47. The summed E-state index contributed by atoms with van der Waals surface area (Å²) in [5.41, 5.74) is -6.20. The summed E-state index contributed by atoms with van der Waals surface area (Å²) < 4.78 is 34.5. The number of furan rings is 2. The van der Waals surface area contributed by atoms with Crippen LogP contribution in [-0.2, 0) is 23.7 Å². The summed E-state index contributed by atoms with van der Waals surface area (Å²) in [5.74, 6) is -2.85. The Kier molecular flexibility index (Phi) is 6.05. The first kappa shape index (κ1) is 26.5. The number of rotatable bonds is 5. The Morgan fingerprint density at radius 3 is 2.05 bits per heavy atom. The maximum Gasteiger partial charge on any atom is 0.374 e. The van der Waals surface area contributed by atoms with Gasteiger partial charge in [0, 0.05) is 19.3 Å². The molecule has 3 aliphatic rings. The largest absolute Gasteiger partial charge is 0.460 e. The number of ether oxygens (including phenoxy) is 4. The third-order valence-electron chi connectivity index (χ3n) is 8.63. The molecule has 2 aliphatic carbocycles. The summed E-state index contributed by atoms with van der Waals surface area (Å²) in [6.45, 7) is 7.85. The molecule has 0 amide bonds. The summed E-state index contributed by atoms with van der Waals surface area (Å²) in [5, 5.41) is 23.9. The van der Waals surface area contributed by atoms with E-state index >= 15 is 0 Å². The van der Waals surface area contributed by atoms with Gasteiger partial charge in [0.2, 0.25) is 11.5 Å². The third kappa shape index (κ3) is 3.63. The fourth-order valence-corrected chi connectivity index (χ4v) is 6.99. The first-order valence-electron chi connectivity index (χ1n) is 12.5. The fourth-order valence-electron chi connectivity index (χ4n) is 6.99. The molecule has 3 heterocycles. The molecule has 3 fully saturated rings. The quantitative estimate of drug-likeness (QED) is 0.431. The molecule has 1 aliphatic heterocycles. The second-order valence-electron chi connectivity index (χ2n) is 11.3. The lowest BCUT2D eigenvalue weighted by Gasteiger charge is -2.64. The normalized spacial score (nSPS) is 39.2. The van der Waals surface area contributed by atoms with E-state index < -0.39 is 70.5 Å². The molecule has 2 aromatic heterocycles. The van der Waals surface area contributed by atoms with Crippen molar-refractivity contribution in [2.24, 2.45) is 11.3 Å². The van der Waals surface area contributed by atoms with Crippen LogP contribution in [-0.4, -0.2) is 69.3 Å². The standard InChI is InChI=1S/C27H32O11/c1-14(28)35-18-13-25(4,32)27-21(37-23(31)17-9-7-11-34-17)15(24(2,3)38-27)12-19(26(27,5)20(18)29)36-22(30)16-8-6-10-33-16/h6-11,15,18-21,29,32H,12-13H2,1-5H3/t15-,18+,19+,20+,21-,25-,26-,27+/m1/s1. The Labute approximate surface area is 219 Å². The van der Waals surface area contributed by atoms with Crippen molar-refractivity contribution in [3.63, 3.8) is 0 Å². The summed E-state index contributed by atoms with van der Waals surface area (Å²) in [6, 6.07) is 5.98. The molecule has 2 bridgehead atoms. The number of fused-ring (bicyclic) bond motifs is 1. The number of carbonyl (C=O) groups excluding carboxylic acids is 3. The minimum absolute atomic E-state index is 0.0412. The number of hydrogen-bond donors (Lipinski definition) is 2. The summed E-state index contributed by atoms with van der Waals surface area (Å²) in [7, 11) is 0. The summed E-state index contributed by atoms with van der Waals surface area (Å²) >= 11 is 0. The minimum Gasteiger partial charge on any atom is -0.460 e. The van der Waals surface area contributed by atoms with Crippen molar-refractivity contribution < 1.29 is 52.4 Å². The number of hydrogen-bond acceptors (Lipinski definition) is 11. The molecular formula is C27H32O11. The van der Waals surface area contributed by atoms with Crippen LogP contribution in [0.2, 0.25) is 0 Å². The highest BCUT2D eigenvalue weighted by molar-refractivity contribution is 5.87. The van der Waals surface area contributed by atoms with Crippen molar-refractivity contribution in [3.8, 4) is 0 Å². The van der Waals surface area contributed by atoms with E-state index in [9.17, 15) is 24.6 Å². The van der Waals surface area contributed by atoms with Gasteiger partial charge in [-0.2, -0.15) is 0 Å². The van der Waals surface area contributed by atoms with Crippen molar-refractivity contribution >= 4 is 17.9 Å². The molecule has 0 unspecified atom stereocenters. The number of aliphatic hydroxyl groups excluding tert-OH is 1. The molecule has 2 N–H and O–H groups in total. The van der Waals surface area contributed by atoms with E-state index in [-0.39, 0.29) is 24.4 Å². The Morgan fingerprint density at radius 1 is 0.947 bits per heavy atom. The average molecular weight is 533 g/mol. The van der Waals surface area contributed by atoms with Gasteiger partial charge in [-0.15, -0.1) is 0 Å². The third-order valence-corrected chi connectivity index (χ3v) is 8.63. The molecule has 2 saturated carbocycles. The Hall–Kier alpha value is -3.15. The molecule has 38 heavy (non-hydrogen) atoms. The van der Waals surface area contributed by atoms with Crippen LogP contribution >= 0.6 is 0 Å². The second-order valence-corrected chi connectivity index (χ2v) is 11.3. The molecule has 11 heteroatoms. The van der Waals surface area contributed by atoms with Gasteiger partial charge in [-0.1, -0.05) is 6.92 Å². The molecule has 1 saturated heterocycles. The van der Waals surface area contributed by atoms with Crippen LogP contribution in [0.15, 0.2) is 45.6 Å². The van der Waals surface area contributed by atoms with Crippen LogP contribution in [0, 0.1) is 11.3 Å². The van der Waals surface area contributed by atoms with Crippen molar-refractivity contribution in [3.05, 3.63) is 48.3 Å². The monoisotopic (exact) mass is 532 g/mol. The highest BCUT2D eigenvalue weighted by Crippen LogP contribution is 2.68. The van der Waals surface area contributed by atoms with Gasteiger partial charge in [-0.25, -0.2) is 9.59 Å². The van der Waals surface area contributed by atoms with E-state index in [0.717, 1.165) is 0 Å². The first-order chi connectivity index (χ1) is 17.7. The topological polar surface area (TPSA) is 155 Å². The average Bonchev–Trinajstić information content (AvgIpc) is 3.57. The highest BCUT2D eigenvalue weighted by Gasteiger charge is 2.83. The zero-order chi connectivity index (χ0) is 27.7. The Morgan fingerprint density at radius 2 is 1.53 bits per heavy atom. The van der Waals surface area contributed by atoms with E-state index in [1.54, 1.807) is 26.8 Å². The Balaban J connectivity index is 1.65. The van der Waals surface area contributed by atoms with Crippen LogP contribution in [0.3, 0.4) is 0 Å². The molecule has 1 spiro atoms. The maximum absolute atomic E-state index is 13.1. The SMILES string of the molecule is CC(=O)O[C@H]1C[C@@](C)(O)[C@]23OC(C)(C)[C@H](C[C@H](OC(=O)c4ccco4)[C@]2(C)[C@H]1O)[C@H]3OC(=O)c1ccco1. The molecule has 5 rings (SSSR count). The van der Waals surface area contributed by atoms with Crippen molar-refractivity contribution in [2.45, 2.75) is 88.7 Å². The van der Waals surface area contributed by atoms with E-state index in [4.69, 9.17) is 27.8 Å². The highest BCUT2D eigenvalue weighted by atomic mass is 16.6. The lowest BCUT2D eigenvalue weighted by molar-refractivity contribution is -0.342. The number of carbonyl (C=O) groups is 3. The van der Waals surface area contributed by atoms with Crippen LogP contribution in [0.5, 0.6) is 0 Å². The number of aliphatic hydroxyl groups is 2. The van der Waals surface area contributed by atoms with Crippen molar-refractivity contribution in [1.82, 2.24) is 0 Å². The molecule has 0 aromatic carbocycles. The van der Waals surface area contributed by atoms with Gasteiger partial charge in [0.15, 0.2) is 0 Å². The van der Waals surface area contributed by atoms with E-state index in [2.05, 4.69) is 0 Å². The summed E-state index contributed by atoms with van der Waals surface area (Å²) in [4.78, 5) is 38.1. The Bertz CT molecular complexity index is 1210. The smallest absolute Gasteiger partial charge is 0.374 e. The molecular weight excluding hydrogens is 500 g/mol. The zero-order valence-corrected chi connectivity index (χ0v) is 21.8. The van der Waals surface area contributed by atoms with Gasteiger partial charge >= 0.3 is 17.9 Å². The van der Waals surface area contributed by atoms with Crippen LogP contribution in [0.1, 0.15) is 68.6 Å². The van der Waals surface area contributed by atoms with Crippen LogP contribution < -0.4 is 0 Å². The molecule has 2 aromatic rings. The lowest BCUT2D eigenvalue weighted by Crippen LogP contribution is -2.81. The van der Waals surface area contributed by atoms with E-state index in [1.807, 2.05) is 0 Å². The van der Waals surface area contributed by atoms with Gasteiger partial charge in [0.1, 0.15) is 30.0 Å². The van der Waals surface area contributed by atoms with Gasteiger partial charge < -0.3 is 38.0 Å². The summed E-state index contributed by atoms with van der Waals surface area (Å²) in [6.07, 6.45) is -2.21. The van der Waals surface area contributed by atoms with Crippen molar-refractivity contribution in [2.75, 3.05) is 0 Å². The minimum atomic E-state index is -1.82. The van der Waals surface area contributed by atoms with E-state index in [1.165, 1.54) is 44.6 Å². The van der Waals surface area contributed by atoms with Gasteiger partial charge in [0.25, 0.3) is 0 Å². The van der Waals surface area contributed by atoms with Crippen molar-refractivity contribution in [1.29, 1.82) is 0 Å². The van der Waals surface area contributed by atoms with Gasteiger partial charge in [0.05, 0.1) is 29.1 Å². The molecule has 8 atom stereocenters. The maximum atomic E-state index is 13.1. The zero-order valence-electron chi connectivity index (χ0n) is 21.8. The molecule has 0 radical (unpaired) electrons. The van der Waals surface area contributed by atoms with E-state index in [0.29, 0.717) is 0 Å². The molecule has 206 valence electrons. The van der Waals surface area contributed by atoms with Crippen LogP contribution in [0.25, 0.3) is 0 Å². The van der Waals surface area contributed by atoms with Gasteiger partial charge in [-0.3, -0.25) is 4.79 Å². The van der Waals surface area contributed by atoms with Gasteiger partial charge in [-0.05, 0) is 51.5 Å². The van der Waals surface area contributed by atoms with Crippen LogP contribution in [0.4, 0.5) is 0 Å². The fraction of sp³-hybridized carbons (Fsp3) is 0.593. The second kappa shape index (κ2) is 8.69.